The van der Waals surface area contributed by atoms with E-state index in [1.54, 1.807) is 21.3 Å². The predicted octanol–water partition coefficient (Wildman–Crippen LogP) is 2.64. The van der Waals surface area contributed by atoms with Gasteiger partial charge in [-0.1, -0.05) is 12.1 Å². The summed E-state index contributed by atoms with van der Waals surface area (Å²) in [5.74, 6) is 2.91. The van der Waals surface area contributed by atoms with Crippen LogP contribution in [-0.4, -0.2) is 57.7 Å². The van der Waals surface area contributed by atoms with E-state index in [4.69, 9.17) is 14.5 Å². The van der Waals surface area contributed by atoms with Gasteiger partial charge in [-0.2, -0.15) is 0 Å². The van der Waals surface area contributed by atoms with Crippen LogP contribution in [-0.2, 0) is 11.3 Å². The number of nitrogens with one attached hydrogen (secondary N) is 2. The predicted molar refractivity (Wildman–Crippen MR) is 123 cm³/mol. The van der Waals surface area contributed by atoms with Crippen LogP contribution in [0.25, 0.3) is 0 Å². The highest BCUT2D eigenvalue weighted by molar-refractivity contribution is 14.0. The molecule has 28 heavy (non-hydrogen) atoms. The zero-order valence-corrected chi connectivity index (χ0v) is 19.6. The Labute approximate surface area is 185 Å². The molecule has 158 valence electrons. The van der Waals surface area contributed by atoms with E-state index in [2.05, 4.69) is 22.5 Å². The van der Waals surface area contributed by atoms with E-state index in [0.29, 0.717) is 24.6 Å². The Morgan fingerprint density at radius 1 is 1.25 bits per heavy atom. The molecule has 1 aromatic carbocycles. The maximum absolute atomic E-state index is 11.6. The minimum Gasteiger partial charge on any atom is -0.493 e. The van der Waals surface area contributed by atoms with E-state index < -0.39 is 0 Å². The largest absolute Gasteiger partial charge is 0.493 e. The highest BCUT2D eigenvalue weighted by Gasteiger charge is 2.23. The number of amides is 1. The molecule has 7 nitrogen and oxygen atoms in total. The lowest BCUT2D eigenvalue weighted by Gasteiger charge is -2.34. The van der Waals surface area contributed by atoms with Crippen LogP contribution in [0.3, 0.4) is 0 Å². The molecule has 8 heteroatoms. The zero-order valence-electron chi connectivity index (χ0n) is 17.3. The number of benzene rings is 1. The quantitative estimate of drug-likeness (QED) is 0.340. The first kappa shape index (κ1) is 24.3. The third-order valence-electron chi connectivity index (χ3n) is 4.89. The molecular weight excluding hydrogens is 471 g/mol. The van der Waals surface area contributed by atoms with E-state index in [-0.39, 0.29) is 29.9 Å². The van der Waals surface area contributed by atoms with Gasteiger partial charge in [0.15, 0.2) is 17.5 Å². The lowest BCUT2D eigenvalue weighted by atomic mass is 9.93. The van der Waals surface area contributed by atoms with Crippen molar-refractivity contribution in [3.63, 3.8) is 0 Å². The SMILES string of the molecule is CCNC(=NCc1cccc(OC)c1OC)N1CCC(CC(=O)NC)CC1.I. The third-order valence-corrected chi connectivity index (χ3v) is 4.89. The second-order valence-electron chi connectivity index (χ2n) is 6.63. The molecular formula is C20H33IN4O3. The monoisotopic (exact) mass is 504 g/mol. The van der Waals surface area contributed by atoms with Crippen LogP contribution in [0.2, 0.25) is 0 Å². The molecule has 1 fully saturated rings. The first-order valence-electron chi connectivity index (χ1n) is 9.56. The molecule has 0 atom stereocenters. The number of methoxy groups -OCH3 is 2. The molecule has 0 unspecified atom stereocenters. The second kappa shape index (κ2) is 12.7. The molecule has 1 amide bonds. The van der Waals surface area contributed by atoms with Gasteiger partial charge in [-0.15, -0.1) is 24.0 Å². The number of aliphatic imine (C=N–C) groups is 1. The van der Waals surface area contributed by atoms with Gasteiger partial charge in [-0.3, -0.25) is 4.79 Å². The van der Waals surface area contributed by atoms with E-state index in [1.807, 2.05) is 18.2 Å². The van der Waals surface area contributed by atoms with Crippen LogP contribution in [0.5, 0.6) is 11.5 Å². The summed E-state index contributed by atoms with van der Waals surface area (Å²) in [5.41, 5.74) is 0.988. The van der Waals surface area contributed by atoms with Gasteiger partial charge in [0, 0.05) is 38.7 Å². The number of nitrogens with zero attached hydrogens (tertiary/aromatic N) is 2. The molecule has 0 aliphatic carbocycles. The van der Waals surface area contributed by atoms with Crippen molar-refractivity contribution >= 4 is 35.8 Å². The number of para-hydroxylation sites is 1. The van der Waals surface area contributed by atoms with E-state index >= 15 is 0 Å². The molecule has 1 heterocycles. The topological polar surface area (TPSA) is 75.2 Å². The summed E-state index contributed by atoms with van der Waals surface area (Å²) >= 11 is 0. The van der Waals surface area contributed by atoms with E-state index in [1.165, 1.54) is 0 Å². The Hall–Kier alpha value is -1.71. The summed E-state index contributed by atoms with van der Waals surface area (Å²) in [7, 11) is 4.98. The molecule has 1 saturated heterocycles. The van der Waals surface area contributed by atoms with Gasteiger partial charge in [0.25, 0.3) is 0 Å². The number of carbonyl (C=O) groups excluding carboxylic acids is 1. The summed E-state index contributed by atoms with van der Waals surface area (Å²) in [5, 5.41) is 6.09. The summed E-state index contributed by atoms with van der Waals surface area (Å²) in [6.45, 7) is 5.21. The van der Waals surface area contributed by atoms with Gasteiger partial charge >= 0.3 is 0 Å². The number of hydrogen-bond acceptors (Lipinski definition) is 4. The first-order valence-corrected chi connectivity index (χ1v) is 9.56. The maximum atomic E-state index is 11.6. The molecule has 0 radical (unpaired) electrons. The van der Waals surface area contributed by atoms with Crippen molar-refractivity contribution in [2.75, 3.05) is 40.9 Å². The molecule has 1 aromatic rings. The number of piperidine rings is 1. The molecule has 2 N–H and O–H groups in total. The average Bonchev–Trinajstić information content (AvgIpc) is 2.71. The van der Waals surface area contributed by atoms with Crippen LogP contribution in [0.4, 0.5) is 0 Å². The number of guanidine groups is 1. The van der Waals surface area contributed by atoms with Gasteiger partial charge in [-0.05, 0) is 31.7 Å². The fourth-order valence-electron chi connectivity index (χ4n) is 3.38. The first-order chi connectivity index (χ1) is 13.1. The summed E-state index contributed by atoms with van der Waals surface area (Å²) in [6.07, 6.45) is 2.61. The van der Waals surface area contributed by atoms with Crippen molar-refractivity contribution in [3.05, 3.63) is 23.8 Å². The second-order valence-corrected chi connectivity index (χ2v) is 6.63. The molecule has 1 aliphatic rings. The normalized spacial score (nSPS) is 14.9. The van der Waals surface area contributed by atoms with Gasteiger partial charge < -0.3 is 25.0 Å². The van der Waals surface area contributed by atoms with Gasteiger partial charge in [0.1, 0.15) is 0 Å². The van der Waals surface area contributed by atoms with Crippen molar-refractivity contribution in [3.8, 4) is 11.5 Å². The summed E-state index contributed by atoms with van der Waals surface area (Å²) in [6, 6.07) is 5.84. The fourth-order valence-corrected chi connectivity index (χ4v) is 3.38. The highest BCUT2D eigenvalue weighted by Crippen LogP contribution is 2.31. The smallest absolute Gasteiger partial charge is 0.220 e. The Bertz CT molecular complexity index is 646. The zero-order chi connectivity index (χ0) is 19.6. The number of hydrogen-bond donors (Lipinski definition) is 2. The van der Waals surface area contributed by atoms with Gasteiger partial charge in [0.05, 0.1) is 20.8 Å². The minimum absolute atomic E-state index is 0. The van der Waals surface area contributed by atoms with Crippen LogP contribution < -0.4 is 20.1 Å². The molecule has 2 rings (SSSR count). The van der Waals surface area contributed by atoms with Crippen LogP contribution in [0.15, 0.2) is 23.2 Å². The number of halogens is 1. The van der Waals surface area contributed by atoms with E-state index in [0.717, 1.165) is 49.7 Å². The van der Waals surface area contributed by atoms with Crippen LogP contribution >= 0.6 is 24.0 Å². The van der Waals surface area contributed by atoms with Crippen molar-refractivity contribution in [1.82, 2.24) is 15.5 Å². The van der Waals surface area contributed by atoms with Crippen LogP contribution in [0.1, 0.15) is 31.7 Å². The standard InChI is InChI=1S/C20H32N4O3.HI/c1-5-22-20(24-11-9-15(10-12-24)13-18(25)21-2)23-14-16-7-6-8-17(26-3)19(16)27-4;/h6-8,15H,5,9-14H2,1-4H3,(H,21,25)(H,22,23);1H. The fraction of sp³-hybridized carbons (Fsp3) is 0.600. The number of carbonyl (C=O) groups is 1. The maximum Gasteiger partial charge on any atom is 0.220 e. The van der Waals surface area contributed by atoms with Crippen molar-refractivity contribution < 1.29 is 14.3 Å². The summed E-state index contributed by atoms with van der Waals surface area (Å²) in [4.78, 5) is 18.7. The molecule has 0 spiro atoms. The highest BCUT2D eigenvalue weighted by atomic mass is 127. The van der Waals surface area contributed by atoms with Gasteiger partial charge in [-0.25, -0.2) is 4.99 Å². The molecule has 0 saturated carbocycles. The Morgan fingerprint density at radius 2 is 1.96 bits per heavy atom. The van der Waals surface area contributed by atoms with Crippen molar-refractivity contribution in [2.45, 2.75) is 32.7 Å². The van der Waals surface area contributed by atoms with Gasteiger partial charge in [0.2, 0.25) is 5.91 Å². The van der Waals surface area contributed by atoms with Crippen molar-refractivity contribution in [2.24, 2.45) is 10.9 Å². The van der Waals surface area contributed by atoms with E-state index in [9.17, 15) is 4.79 Å². The number of rotatable bonds is 7. The van der Waals surface area contributed by atoms with Crippen molar-refractivity contribution in [1.29, 1.82) is 0 Å². The molecule has 0 aromatic heterocycles. The minimum atomic E-state index is 0. The number of ether oxygens (including phenoxy) is 2. The lowest BCUT2D eigenvalue weighted by molar-refractivity contribution is -0.121. The third kappa shape index (κ3) is 6.72. The average molecular weight is 504 g/mol. The Kier molecular flexibility index (Phi) is 11.0. The lowest BCUT2D eigenvalue weighted by Crippen LogP contribution is -2.46. The Morgan fingerprint density at radius 3 is 2.54 bits per heavy atom. The molecule has 0 bridgehead atoms. The number of likely N-dealkylation sites (tertiary alicyclic amines) is 1. The Balaban J connectivity index is 0.00000392. The summed E-state index contributed by atoms with van der Waals surface area (Å²) < 4.78 is 10.9. The molecule has 1 aliphatic heterocycles. The van der Waals surface area contributed by atoms with Crippen LogP contribution in [0, 0.1) is 5.92 Å².